The molecule has 0 radical (unpaired) electrons. The van der Waals surface area contributed by atoms with E-state index in [1.54, 1.807) is 6.92 Å². The number of hydrogen-bond donors (Lipinski definition) is 3. The van der Waals surface area contributed by atoms with Crippen molar-refractivity contribution in [1.82, 2.24) is 15.1 Å². The number of thiocarbonyl (C=S) groups is 1. The summed E-state index contributed by atoms with van der Waals surface area (Å²) in [7, 11) is 0. The van der Waals surface area contributed by atoms with Crippen LogP contribution in [-0.2, 0) is 9.47 Å². The number of aryl methyl sites for hydroxylation is 1. The first-order chi connectivity index (χ1) is 12.0. The molecule has 0 bridgehead atoms. The average Bonchev–Trinajstić information content (AvgIpc) is 3.21. The molecule has 0 aromatic carbocycles. The van der Waals surface area contributed by atoms with Crippen molar-refractivity contribution in [2.75, 3.05) is 25.1 Å². The van der Waals surface area contributed by atoms with E-state index in [-0.39, 0.29) is 6.10 Å². The van der Waals surface area contributed by atoms with Crippen LogP contribution >= 0.6 is 23.8 Å². The number of anilines is 1. The molecule has 1 aliphatic heterocycles. The van der Waals surface area contributed by atoms with E-state index in [1.165, 1.54) is 11.5 Å². The van der Waals surface area contributed by atoms with Crippen molar-refractivity contribution in [3.63, 3.8) is 0 Å². The van der Waals surface area contributed by atoms with Crippen molar-refractivity contribution in [3.05, 3.63) is 11.3 Å². The molecule has 3 N–H and O–H groups in total. The first-order valence-electron chi connectivity index (χ1n) is 8.11. The zero-order chi connectivity index (χ0) is 18.2. The minimum atomic E-state index is -0.512. The molecule has 1 amide bonds. The molecule has 0 saturated carbocycles. The number of carbonyl (C=O) groups excluding carboxylic acids is 1. The Morgan fingerprint density at radius 3 is 3.04 bits per heavy atom. The van der Waals surface area contributed by atoms with Crippen LogP contribution in [-0.4, -0.2) is 47.2 Å². The first kappa shape index (κ1) is 19.5. The lowest BCUT2D eigenvalue weighted by atomic mass is 10.2. The van der Waals surface area contributed by atoms with Crippen LogP contribution in [0.4, 0.5) is 9.80 Å². The van der Waals surface area contributed by atoms with Crippen molar-refractivity contribution in [2.45, 2.75) is 39.7 Å². The quantitative estimate of drug-likeness (QED) is 0.393. The van der Waals surface area contributed by atoms with Crippen LogP contribution in [0.5, 0.6) is 0 Å². The second-order valence-corrected chi connectivity index (χ2v) is 6.65. The van der Waals surface area contributed by atoms with Gasteiger partial charge in [-0.2, -0.15) is 9.47 Å². The lowest BCUT2D eigenvalue weighted by Gasteiger charge is -2.12. The van der Waals surface area contributed by atoms with E-state index in [4.69, 9.17) is 21.7 Å². The molecule has 0 aliphatic carbocycles. The van der Waals surface area contributed by atoms with E-state index in [1.807, 2.05) is 13.8 Å². The summed E-state index contributed by atoms with van der Waals surface area (Å²) >= 11 is 6.40. The van der Waals surface area contributed by atoms with Gasteiger partial charge >= 0.3 is 6.09 Å². The number of nitrogens with zero attached hydrogens (tertiary/aromatic N) is 2. The Hall–Kier alpha value is -1.78. The number of ether oxygens (including phenoxy) is 2. The zero-order valence-electron chi connectivity index (χ0n) is 14.5. The second-order valence-electron chi connectivity index (χ2n) is 5.47. The lowest BCUT2D eigenvalue weighted by Crippen LogP contribution is -2.37. The summed E-state index contributed by atoms with van der Waals surface area (Å²) in [6.45, 7) is 7.20. The number of amides is 1. The number of rotatable bonds is 6. The molecule has 1 saturated heterocycles. The predicted octanol–water partition coefficient (Wildman–Crippen LogP) is 2.39. The molecule has 8 nitrogen and oxygen atoms in total. The molecule has 1 aromatic heterocycles. The minimum absolute atomic E-state index is 0.202. The predicted molar refractivity (Wildman–Crippen MR) is 102 cm³/mol. The Labute approximate surface area is 156 Å². The van der Waals surface area contributed by atoms with Crippen molar-refractivity contribution in [1.29, 1.82) is 0 Å². The fourth-order valence-corrected chi connectivity index (χ4v) is 3.35. The Balaban J connectivity index is 1.93. The number of hydrazone groups is 1. The van der Waals surface area contributed by atoms with Crippen molar-refractivity contribution < 1.29 is 14.3 Å². The van der Waals surface area contributed by atoms with Crippen LogP contribution in [0.15, 0.2) is 5.10 Å². The van der Waals surface area contributed by atoms with Crippen LogP contribution in [0, 0.1) is 6.92 Å². The van der Waals surface area contributed by atoms with Crippen LogP contribution in [0.25, 0.3) is 0 Å². The molecular formula is C15H23N5O3S2. The molecule has 2 heterocycles. The zero-order valence-corrected chi connectivity index (χ0v) is 16.2. The monoisotopic (exact) mass is 385 g/mol. The number of aromatic nitrogens is 1. The highest BCUT2D eigenvalue weighted by Gasteiger charge is 2.17. The van der Waals surface area contributed by atoms with Gasteiger partial charge < -0.3 is 14.8 Å². The van der Waals surface area contributed by atoms with Gasteiger partial charge in [0.2, 0.25) is 0 Å². The van der Waals surface area contributed by atoms with E-state index in [0.717, 1.165) is 30.7 Å². The third-order valence-corrected chi connectivity index (χ3v) is 4.64. The molecule has 1 atom stereocenters. The van der Waals surface area contributed by atoms with Gasteiger partial charge in [-0.15, -0.1) is 0 Å². The maximum Gasteiger partial charge on any atom is 0.412 e. The first-order valence-corrected chi connectivity index (χ1v) is 9.29. The highest BCUT2D eigenvalue weighted by Crippen LogP contribution is 2.25. The number of hydrogen-bond acceptors (Lipinski definition) is 7. The molecule has 2 rings (SSSR count). The number of nitrogens with one attached hydrogen (secondary N) is 3. The van der Waals surface area contributed by atoms with Crippen molar-refractivity contribution in [2.24, 2.45) is 5.10 Å². The summed E-state index contributed by atoms with van der Waals surface area (Å²) in [5, 5.41) is 11.1. The van der Waals surface area contributed by atoms with E-state index in [9.17, 15) is 4.79 Å². The SMILES string of the molecule is CCOC(=O)Nc1snc(C)c1/C(C)=N/NC(=S)NC[C@@H]1CCCO1. The summed E-state index contributed by atoms with van der Waals surface area (Å²) in [6.07, 6.45) is 1.82. The van der Waals surface area contributed by atoms with E-state index >= 15 is 0 Å². The standard InChI is InChI=1S/C15H23N5O3S2/c1-4-22-15(21)17-13-12(10(3)20-25-13)9(2)18-19-14(24)16-8-11-6-5-7-23-11/h11H,4-8H2,1-3H3,(H,17,21)(H2,16,19,24)/b18-9+/t11-/m0/s1. The smallest absolute Gasteiger partial charge is 0.412 e. The van der Waals surface area contributed by atoms with Gasteiger partial charge in [0.25, 0.3) is 0 Å². The van der Waals surface area contributed by atoms with Gasteiger partial charge in [0.1, 0.15) is 5.00 Å². The second kappa shape index (κ2) is 9.64. The van der Waals surface area contributed by atoms with Crippen LogP contribution in [0.3, 0.4) is 0 Å². The Morgan fingerprint density at radius 1 is 1.56 bits per heavy atom. The average molecular weight is 386 g/mol. The maximum absolute atomic E-state index is 11.6. The van der Waals surface area contributed by atoms with Crippen molar-refractivity contribution >= 4 is 45.7 Å². The summed E-state index contributed by atoms with van der Waals surface area (Å²) < 4.78 is 14.7. The van der Waals surface area contributed by atoms with Crippen molar-refractivity contribution in [3.8, 4) is 0 Å². The van der Waals surface area contributed by atoms with E-state index < -0.39 is 6.09 Å². The summed E-state index contributed by atoms with van der Waals surface area (Å²) in [5.74, 6) is 0. The minimum Gasteiger partial charge on any atom is -0.450 e. The molecule has 1 aliphatic rings. The molecule has 25 heavy (non-hydrogen) atoms. The third-order valence-electron chi connectivity index (χ3n) is 3.55. The molecule has 10 heteroatoms. The molecule has 1 fully saturated rings. The normalized spacial score (nSPS) is 17.2. The van der Waals surface area contributed by atoms with Gasteiger partial charge in [-0.3, -0.25) is 10.7 Å². The Kier molecular flexibility index (Phi) is 7.53. The topological polar surface area (TPSA) is 96.9 Å². The molecule has 0 unspecified atom stereocenters. The van der Waals surface area contributed by atoms with E-state index in [2.05, 4.69) is 25.5 Å². The van der Waals surface area contributed by atoms with Crippen LogP contribution < -0.4 is 16.1 Å². The van der Waals surface area contributed by atoms with Gasteiger partial charge in [0, 0.05) is 13.2 Å². The van der Waals surface area contributed by atoms with Crippen LogP contribution in [0.1, 0.15) is 37.9 Å². The molecular weight excluding hydrogens is 362 g/mol. The fraction of sp³-hybridized carbons (Fsp3) is 0.600. The molecule has 1 aromatic rings. The van der Waals surface area contributed by atoms with Gasteiger partial charge in [-0.05, 0) is 57.4 Å². The maximum atomic E-state index is 11.6. The molecule has 0 spiro atoms. The summed E-state index contributed by atoms with van der Waals surface area (Å²) in [6, 6.07) is 0. The van der Waals surface area contributed by atoms with Gasteiger partial charge in [-0.25, -0.2) is 4.79 Å². The summed E-state index contributed by atoms with van der Waals surface area (Å²) in [4.78, 5) is 11.6. The Morgan fingerprint density at radius 2 is 2.36 bits per heavy atom. The molecule has 138 valence electrons. The van der Waals surface area contributed by atoms with Gasteiger partial charge in [0.05, 0.1) is 29.7 Å². The van der Waals surface area contributed by atoms with Gasteiger partial charge in [0.15, 0.2) is 5.11 Å². The highest BCUT2D eigenvalue weighted by atomic mass is 32.1. The number of carbonyl (C=O) groups is 1. The van der Waals surface area contributed by atoms with Crippen LogP contribution in [0.2, 0.25) is 0 Å². The summed E-state index contributed by atoms with van der Waals surface area (Å²) in [5.41, 5.74) is 5.01. The largest absolute Gasteiger partial charge is 0.450 e. The van der Waals surface area contributed by atoms with Gasteiger partial charge in [-0.1, -0.05) is 0 Å². The highest BCUT2D eigenvalue weighted by molar-refractivity contribution is 7.80. The van der Waals surface area contributed by atoms with E-state index in [0.29, 0.717) is 29.0 Å². The third kappa shape index (κ3) is 5.91. The Bertz CT molecular complexity index is 641. The fourth-order valence-electron chi connectivity index (χ4n) is 2.38. The lowest BCUT2D eigenvalue weighted by molar-refractivity contribution is 0.114.